The molecule has 1 aliphatic carbocycles. The van der Waals surface area contributed by atoms with Crippen LogP contribution in [-0.2, 0) is 4.74 Å². The van der Waals surface area contributed by atoms with E-state index in [2.05, 4.69) is 9.88 Å². The van der Waals surface area contributed by atoms with Crippen LogP contribution in [0.1, 0.15) is 25.0 Å². The number of rotatable bonds is 2. The summed E-state index contributed by atoms with van der Waals surface area (Å²) in [6.07, 6.45) is 5.80. The van der Waals surface area contributed by atoms with Gasteiger partial charge in [0.05, 0.1) is 30.6 Å². The third kappa shape index (κ3) is 1.95. The number of morpholine rings is 1. The highest BCUT2D eigenvalue weighted by Gasteiger charge is 2.36. The number of nitrogens with zero attached hydrogens (tertiary/aromatic N) is 2. The topological polar surface area (TPSA) is 75.2 Å². The lowest BCUT2D eigenvalue weighted by Gasteiger charge is -2.39. The molecule has 1 aliphatic heterocycles. The lowest BCUT2D eigenvalue weighted by atomic mass is 10.1. The normalized spacial score (nSPS) is 27.0. The number of aromatic nitrogens is 1. The minimum Gasteiger partial charge on any atom is -0.382 e. The Labute approximate surface area is 106 Å². The van der Waals surface area contributed by atoms with Gasteiger partial charge in [-0.25, -0.2) is 0 Å². The van der Waals surface area contributed by atoms with Gasteiger partial charge >= 0.3 is 0 Å². The second-order valence-electron chi connectivity index (χ2n) is 4.92. The van der Waals surface area contributed by atoms with E-state index < -0.39 is 0 Å². The Balaban J connectivity index is 1.82. The second-order valence-corrected chi connectivity index (χ2v) is 4.92. The number of ether oxygens (including phenoxy) is 1. The molecule has 0 aromatic carbocycles. The number of pyridine rings is 1. The molecule has 2 heterocycles. The van der Waals surface area contributed by atoms with E-state index in [0.717, 1.165) is 18.8 Å². The summed E-state index contributed by atoms with van der Waals surface area (Å²) in [5.74, 6) is 0.0160. The zero-order valence-corrected chi connectivity index (χ0v) is 10.3. The Morgan fingerprint density at radius 2 is 2.33 bits per heavy atom. The average Bonchev–Trinajstić information content (AvgIpc) is 2.87. The fourth-order valence-corrected chi connectivity index (χ4v) is 2.96. The molecule has 2 aliphatic rings. The van der Waals surface area contributed by atoms with Gasteiger partial charge in [0.1, 0.15) is 11.5 Å². The Morgan fingerprint density at radius 1 is 1.44 bits per heavy atom. The van der Waals surface area contributed by atoms with Crippen molar-refractivity contribution in [2.75, 3.05) is 18.1 Å². The minimum absolute atomic E-state index is 0.0160. The van der Waals surface area contributed by atoms with Gasteiger partial charge in [-0.15, -0.1) is 0 Å². The number of hydrogen-bond donors (Lipinski definition) is 2. The monoisotopic (exact) mass is 246 g/mol. The van der Waals surface area contributed by atoms with Crippen LogP contribution in [0.2, 0.25) is 0 Å². The fraction of sp³-hybridized carbons (Fsp3) is 0.538. The lowest BCUT2D eigenvalue weighted by Crippen LogP contribution is -2.48. The Bertz CT molecular complexity index is 445. The molecule has 1 saturated carbocycles. The maximum Gasteiger partial charge on any atom is 0.141 e. The Kier molecular flexibility index (Phi) is 2.91. The van der Waals surface area contributed by atoms with Crippen LogP contribution in [0.5, 0.6) is 0 Å². The number of anilines is 1. The van der Waals surface area contributed by atoms with E-state index in [0.29, 0.717) is 17.8 Å². The van der Waals surface area contributed by atoms with Gasteiger partial charge in [-0.3, -0.25) is 10.4 Å². The van der Waals surface area contributed by atoms with Gasteiger partial charge in [0, 0.05) is 6.54 Å². The van der Waals surface area contributed by atoms with Crippen molar-refractivity contribution in [1.29, 1.82) is 5.41 Å². The maximum absolute atomic E-state index is 7.35. The lowest BCUT2D eigenvalue weighted by molar-refractivity contribution is 0.0256. The average molecular weight is 246 g/mol. The third-order valence-corrected chi connectivity index (χ3v) is 3.84. The maximum atomic E-state index is 7.35. The SMILES string of the molecule is N=C(N)c1ccc(N2CCOC3CCCC32)cn1. The van der Waals surface area contributed by atoms with Crippen molar-refractivity contribution in [3.05, 3.63) is 24.0 Å². The highest BCUT2D eigenvalue weighted by molar-refractivity contribution is 5.93. The summed E-state index contributed by atoms with van der Waals surface area (Å²) >= 11 is 0. The minimum atomic E-state index is 0.0160. The Hall–Kier alpha value is -1.62. The first kappa shape index (κ1) is 11.5. The summed E-state index contributed by atoms with van der Waals surface area (Å²) in [5, 5.41) is 7.35. The molecule has 5 nitrogen and oxygen atoms in total. The van der Waals surface area contributed by atoms with Crippen molar-refractivity contribution in [3.8, 4) is 0 Å². The molecule has 1 saturated heterocycles. The number of nitrogens with one attached hydrogen (secondary N) is 1. The van der Waals surface area contributed by atoms with Gasteiger partial charge in [-0.2, -0.15) is 0 Å². The summed E-state index contributed by atoms with van der Waals surface area (Å²) in [4.78, 5) is 6.62. The van der Waals surface area contributed by atoms with Crippen LogP contribution in [-0.4, -0.2) is 36.1 Å². The van der Waals surface area contributed by atoms with Crippen molar-refractivity contribution in [1.82, 2.24) is 4.98 Å². The molecule has 0 radical (unpaired) electrons. The third-order valence-electron chi connectivity index (χ3n) is 3.84. The van der Waals surface area contributed by atoms with Crippen LogP contribution in [0.3, 0.4) is 0 Å². The van der Waals surface area contributed by atoms with Crippen LogP contribution >= 0.6 is 0 Å². The fourth-order valence-electron chi connectivity index (χ4n) is 2.96. The van der Waals surface area contributed by atoms with Gasteiger partial charge in [0.15, 0.2) is 0 Å². The number of nitrogen functional groups attached to an aromatic ring is 1. The van der Waals surface area contributed by atoms with Crippen molar-refractivity contribution in [2.45, 2.75) is 31.4 Å². The molecule has 0 amide bonds. The van der Waals surface area contributed by atoms with Gasteiger partial charge in [-0.1, -0.05) is 0 Å². The van der Waals surface area contributed by atoms with E-state index >= 15 is 0 Å². The van der Waals surface area contributed by atoms with Crippen molar-refractivity contribution < 1.29 is 4.74 Å². The van der Waals surface area contributed by atoms with Gasteiger partial charge < -0.3 is 15.4 Å². The van der Waals surface area contributed by atoms with E-state index in [1.807, 2.05) is 18.3 Å². The summed E-state index contributed by atoms with van der Waals surface area (Å²) < 4.78 is 5.80. The number of nitrogens with two attached hydrogens (primary N) is 1. The van der Waals surface area contributed by atoms with Crippen molar-refractivity contribution in [3.63, 3.8) is 0 Å². The zero-order chi connectivity index (χ0) is 12.5. The molecule has 3 rings (SSSR count). The molecule has 2 fully saturated rings. The Morgan fingerprint density at radius 3 is 3.06 bits per heavy atom. The van der Waals surface area contributed by atoms with Crippen LogP contribution < -0.4 is 10.6 Å². The molecule has 2 atom stereocenters. The van der Waals surface area contributed by atoms with Crippen LogP contribution in [0.25, 0.3) is 0 Å². The summed E-state index contributed by atoms with van der Waals surface area (Å²) in [5.41, 5.74) is 7.06. The largest absolute Gasteiger partial charge is 0.382 e. The smallest absolute Gasteiger partial charge is 0.141 e. The highest BCUT2D eigenvalue weighted by atomic mass is 16.5. The van der Waals surface area contributed by atoms with Gasteiger partial charge in [-0.05, 0) is 31.4 Å². The molecule has 1 aromatic heterocycles. The molecule has 18 heavy (non-hydrogen) atoms. The second kappa shape index (κ2) is 4.57. The summed E-state index contributed by atoms with van der Waals surface area (Å²) in [7, 11) is 0. The zero-order valence-electron chi connectivity index (χ0n) is 10.3. The molecule has 5 heteroatoms. The first-order valence-corrected chi connectivity index (χ1v) is 6.44. The van der Waals surface area contributed by atoms with E-state index in [9.17, 15) is 0 Å². The molecule has 3 N–H and O–H groups in total. The molecular formula is C13H18N4O. The number of fused-ring (bicyclic) bond motifs is 1. The number of amidine groups is 1. The van der Waals surface area contributed by atoms with Crippen LogP contribution in [0.15, 0.2) is 18.3 Å². The van der Waals surface area contributed by atoms with Crippen LogP contribution in [0, 0.1) is 5.41 Å². The van der Waals surface area contributed by atoms with E-state index in [1.165, 1.54) is 19.3 Å². The molecule has 0 bridgehead atoms. The van der Waals surface area contributed by atoms with Crippen LogP contribution in [0.4, 0.5) is 5.69 Å². The molecule has 1 aromatic rings. The number of hydrogen-bond acceptors (Lipinski definition) is 4. The highest BCUT2D eigenvalue weighted by Crippen LogP contribution is 2.32. The van der Waals surface area contributed by atoms with Gasteiger partial charge in [0.2, 0.25) is 0 Å². The predicted molar refractivity (Wildman–Crippen MR) is 70.0 cm³/mol. The predicted octanol–water partition coefficient (Wildman–Crippen LogP) is 1.12. The first-order valence-electron chi connectivity index (χ1n) is 6.44. The van der Waals surface area contributed by atoms with Gasteiger partial charge in [0.25, 0.3) is 0 Å². The molecule has 96 valence electrons. The van der Waals surface area contributed by atoms with Crippen molar-refractivity contribution in [2.24, 2.45) is 5.73 Å². The van der Waals surface area contributed by atoms with E-state index in [1.54, 1.807) is 0 Å². The summed E-state index contributed by atoms with van der Waals surface area (Å²) in [6.45, 7) is 1.71. The quantitative estimate of drug-likeness (QED) is 0.606. The molecule has 2 unspecified atom stereocenters. The van der Waals surface area contributed by atoms with Crippen molar-refractivity contribution >= 4 is 11.5 Å². The molecular weight excluding hydrogens is 228 g/mol. The van der Waals surface area contributed by atoms with E-state index in [4.69, 9.17) is 15.9 Å². The standard InChI is InChI=1S/C13H18N4O/c14-13(15)10-5-4-9(8-16-10)17-6-7-18-12-3-1-2-11(12)17/h4-5,8,11-12H,1-3,6-7H2,(H3,14,15). The molecule has 0 spiro atoms. The van der Waals surface area contributed by atoms with E-state index in [-0.39, 0.29) is 5.84 Å². The summed E-state index contributed by atoms with van der Waals surface area (Å²) in [6, 6.07) is 4.31. The first-order chi connectivity index (χ1) is 8.75.